The van der Waals surface area contributed by atoms with E-state index in [1.807, 2.05) is 25.1 Å². The van der Waals surface area contributed by atoms with E-state index in [1.165, 1.54) is 23.1 Å². The van der Waals surface area contributed by atoms with Crippen molar-refractivity contribution in [1.29, 1.82) is 10.5 Å². The highest BCUT2D eigenvalue weighted by molar-refractivity contribution is 7.92. The number of ether oxygens (including phenoxy) is 1. The van der Waals surface area contributed by atoms with Crippen molar-refractivity contribution in [2.45, 2.75) is 31.6 Å². The summed E-state index contributed by atoms with van der Waals surface area (Å²) in [6.07, 6.45) is 0.163. The number of carbonyl (C=O) groups is 2. The van der Waals surface area contributed by atoms with Crippen molar-refractivity contribution in [3.8, 4) is 12.1 Å². The first-order valence-corrected chi connectivity index (χ1v) is 11.5. The number of aryl methyl sites for hydroxylation is 2. The van der Waals surface area contributed by atoms with Gasteiger partial charge >= 0.3 is 5.97 Å². The van der Waals surface area contributed by atoms with Gasteiger partial charge in [-0.05, 0) is 49.2 Å². The fourth-order valence-electron chi connectivity index (χ4n) is 2.94. The molecule has 9 nitrogen and oxygen atoms in total. The molecule has 33 heavy (non-hydrogen) atoms. The molecule has 0 aliphatic rings. The second kappa shape index (κ2) is 11.7. The summed E-state index contributed by atoms with van der Waals surface area (Å²) in [5, 5.41) is 17.5. The minimum absolute atomic E-state index is 0.00974. The molecule has 1 N–H and O–H groups in total. The Bertz CT molecular complexity index is 1190. The van der Waals surface area contributed by atoms with E-state index >= 15 is 0 Å². The summed E-state index contributed by atoms with van der Waals surface area (Å²) in [5.74, 6) is -1.40. The zero-order valence-corrected chi connectivity index (χ0v) is 19.2. The highest BCUT2D eigenvalue weighted by Gasteiger charge is 2.21. The van der Waals surface area contributed by atoms with Crippen molar-refractivity contribution in [3.63, 3.8) is 0 Å². The van der Waals surface area contributed by atoms with E-state index < -0.39 is 28.5 Å². The molecular weight excluding hydrogens is 444 g/mol. The molecule has 0 aromatic heterocycles. The van der Waals surface area contributed by atoms with Crippen LogP contribution in [-0.2, 0) is 19.6 Å². The third-order valence-electron chi connectivity index (χ3n) is 4.68. The van der Waals surface area contributed by atoms with Crippen molar-refractivity contribution < 1.29 is 22.7 Å². The van der Waals surface area contributed by atoms with E-state index in [1.54, 1.807) is 25.1 Å². The van der Waals surface area contributed by atoms with Crippen molar-refractivity contribution in [3.05, 3.63) is 59.2 Å². The molecule has 0 aliphatic heterocycles. The number of amides is 1. The molecule has 0 heterocycles. The molecule has 0 aliphatic carbocycles. The molecule has 0 atom stereocenters. The third-order valence-corrected chi connectivity index (χ3v) is 6.05. The standard InChI is InChI=1S/C23H24N4O5S/c1-17-6-3-7-19(14-17)26-33(30,31)20-9-8-18(2)21(15-20)23(29)32-16-22(28)27(12-4-10-24)13-5-11-25/h3,6-9,14-15,26H,4-5,12-13,16H2,1-2H3. The zero-order valence-electron chi connectivity index (χ0n) is 18.4. The third kappa shape index (κ3) is 7.34. The summed E-state index contributed by atoms with van der Waals surface area (Å²) < 4.78 is 33.1. The van der Waals surface area contributed by atoms with Gasteiger partial charge < -0.3 is 9.64 Å². The number of esters is 1. The minimum Gasteiger partial charge on any atom is -0.452 e. The van der Waals surface area contributed by atoms with Gasteiger partial charge in [0.1, 0.15) is 0 Å². The predicted octanol–water partition coefficient (Wildman–Crippen LogP) is 2.92. The molecule has 172 valence electrons. The van der Waals surface area contributed by atoms with E-state index in [4.69, 9.17) is 15.3 Å². The Labute approximate surface area is 193 Å². The summed E-state index contributed by atoms with van der Waals surface area (Å²) >= 11 is 0. The number of benzene rings is 2. The van der Waals surface area contributed by atoms with Crippen molar-refractivity contribution >= 4 is 27.6 Å². The second-order valence-electron chi connectivity index (χ2n) is 7.22. The predicted molar refractivity (Wildman–Crippen MR) is 120 cm³/mol. The lowest BCUT2D eigenvalue weighted by Gasteiger charge is -2.20. The smallest absolute Gasteiger partial charge is 0.338 e. The Morgan fingerprint density at radius 1 is 1.03 bits per heavy atom. The quantitative estimate of drug-likeness (QED) is 0.529. The lowest BCUT2D eigenvalue weighted by atomic mass is 10.1. The normalized spacial score (nSPS) is 10.5. The molecule has 0 spiro atoms. The van der Waals surface area contributed by atoms with Gasteiger partial charge in [0.25, 0.3) is 15.9 Å². The number of nitrogens with zero attached hydrogens (tertiary/aromatic N) is 3. The Kier molecular flexibility index (Phi) is 8.96. The molecule has 0 bridgehead atoms. The maximum Gasteiger partial charge on any atom is 0.338 e. The molecule has 2 aromatic carbocycles. The van der Waals surface area contributed by atoms with E-state index in [0.29, 0.717) is 11.3 Å². The molecule has 10 heteroatoms. The first-order chi connectivity index (χ1) is 15.7. The summed E-state index contributed by atoms with van der Waals surface area (Å²) in [6, 6.07) is 14.7. The fraction of sp³-hybridized carbons (Fsp3) is 0.304. The number of hydrogen-bond acceptors (Lipinski definition) is 7. The molecule has 2 aromatic rings. The SMILES string of the molecule is Cc1cccc(NS(=O)(=O)c2ccc(C)c(C(=O)OCC(=O)N(CCC#N)CCC#N)c2)c1. The van der Waals surface area contributed by atoms with Crippen LogP contribution in [0.25, 0.3) is 0 Å². The van der Waals surface area contributed by atoms with E-state index in [2.05, 4.69) is 4.72 Å². The van der Waals surface area contributed by atoms with Gasteiger partial charge in [-0.25, -0.2) is 13.2 Å². The summed E-state index contributed by atoms with van der Waals surface area (Å²) in [7, 11) is -3.96. The van der Waals surface area contributed by atoms with Crippen LogP contribution in [0.4, 0.5) is 5.69 Å². The molecule has 0 saturated heterocycles. The Balaban J connectivity index is 2.14. The van der Waals surface area contributed by atoms with Crippen LogP contribution in [0.2, 0.25) is 0 Å². The van der Waals surface area contributed by atoms with Gasteiger partial charge in [-0.3, -0.25) is 9.52 Å². The Morgan fingerprint density at radius 3 is 2.30 bits per heavy atom. The Morgan fingerprint density at radius 2 is 1.70 bits per heavy atom. The summed E-state index contributed by atoms with van der Waals surface area (Å²) in [4.78, 5) is 26.1. The average molecular weight is 469 g/mol. The van der Waals surface area contributed by atoms with Crippen molar-refractivity contribution in [1.82, 2.24) is 4.90 Å². The van der Waals surface area contributed by atoms with Gasteiger partial charge in [-0.1, -0.05) is 18.2 Å². The van der Waals surface area contributed by atoms with Crippen molar-refractivity contribution in [2.24, 2.45) is 0 Å². The molecule has 0 unspecified atom stereocenters. The highest BCUT2D eigenvalue weighted by Crippen LogP contribution is 2.20. The average Bonchev–Trinajstić information content (AvgIpc) is 2.77. The zero-order chi connectivity index (χ0) is 24.4. The van der Waals surface area contributed by atoms with Gasteiger partial charge in [0.2, 0.25) is 0 Å². The maximum absolute atomic E-state index is 12.8. The van der Waals surface area contributed by atoms with Crippen molar-refractivity contribution in [2.75, 3.05) is 24.4 Å². The lowest BCUT2D eigenvalue weighted by molar-refractivity contribution is -0.134. The number of nitrogens with one attached hydrogen (secondary N) is 1. The lowest BCUT2D eigenvalue weighted by Crippen LogP contribution is -2.36. The number of sulfonamides is 1. The highest BCUT2D eigenvalue weighted by atomic mass is 32.2. The topological polar surface area (TPSA) is 140 Å². The molecule has 0 saturated carbocycles. The first kappa shape index (κ1) is 25.4. The molecule has 1 amide bonds. The number of carbonyl (C=O) groups excluding carboxylic acids is 2. The van der Waals surface area contributed by atoms with E-state index in [-0.39, 0.29) is 36.4 Å². The van der Waals surface area contributed by atoms with E-state index in [9.17, 15) is 18.0 Å². The monoisotopic (exact) mass is 468 g/mol. The molecule has 0 radical (unpaired) electrons. The first-order valence-electron chi connectivity index (χ1n) is 10.1. The summed E-state index contributed by atoms with van der Waals surface area (Å²) in [6.45, 7) is 3.10. The van der Waals surface area contributed by atoms with Gasteiger partial charge in [0.15, 0.2) is 6.61 Å². The Hall–Kier alpha value is -3.89. The number of nitriles is 2. The van der Waals surface area contributed by atoms with Crippen LogP contribution in [0.1, 0.15) is 34.3 Å². The van der Waals surface area contributed by atoms with Gasteiger partial charge in [0, 0.05) is 18.8 Å². The number of rotatable bonds is 10. The van der Waals surface area contributed by atoms with Crippen LogP contribution in [0.15, 0.2) is 47.4 Å². The fourth-order valence-corrected chi connectivity index (χ4v) is 4.01. The van der Waals surface area contributed by atoms with Gasteiger partial charge in [-0.2, -0.15) is 10.5 Å². The minimum atomic E-state index is -3.96. The van der Waals surface area contributed by atoms with Crippen LogP contribution in [0.3, 0.4) is 0 Å². The van der Waals surface area contributed by atoms with Gasteiger partial charge in [0.05, 0.1) is 35.4 Å². The van der Waals surface area contributed by atoms with E-state index in [0.717, 1.165) is 5.56 Å². The maximum atomic E-state index is 12.8. The number of hydrogen-bond donors (Lipinski definition) is 1. The second-order valence-corrected chi connectivity index (χ2v) is 8.91. The largest absolute Gasteiger partial charge is 0.452 e. The molecular formula is C23H24N4O5S. The molecule has 2 rings (SSSR count). The van der Waals surface area contributed by atoms with Crippen LogP contribution in [0, 0.1) is 36.5 Å². The van der Waals surface area contributed by atoms with Crippen LogP contribution >= 0.6 is 0 Å². The summed E-state index contributed by atoms with van der Waals surface area (Å²) in [5.41, 5.74) is 1.76. The number of anilines is 1. The molecule has 0 fully saturated rings. The van der Waals surface area contributed by atoms with Crippen LogP contribution in [0.5, 0.6) is 0 Å². The van der Waals surface area contributed by atoms with Crippen LogP contribution < -0.4 is 4.72 Å². The van der Waals surface area contributed by atoms with Crippen LogP contribution in [-0.4, -0.2) is 44.9 Å². The van der Waals surface area contributed by atoms with Gasteiger partial charge in [-0.15, -0.1) is 0 Å².